The summed E-state index contributed by atoms with van der Waals surface area (Å²) >= 11 is 0. The van der Waals surface area contributed by atoms with E-state index in [1.807, 2.05) is 23.6 Å². The van der Waals surface area contributed by atoms with Crippen molar-refractivity contribution in [3.05, 3.63) is 65.2 Å². The van der Waals surface area contributed by atoms with Crippen molar-refractivity contribution >= 4 is 17.9 Å². The summed E-state index contributed by atoms with van der Waals surface area (Å²) < 4.78 is 15.3. The number of benzene rings is 1. The summed E-state index contributed by atoms with van der Waals surface area (Å²) in [5, 5.41) is 4.77. The first-order valence-electron chi connectivity index (χ1n) is 7.93. The van der Waals surface area contributed by atoms with Crippen molar-refractivity contribution in [1.29, 1.82) is 0 Å². The molecule has 0 aliphatic rings. The number of hydrogen-bond acceptors (Lipinski definition) is 2. The second-order valence-corrected chi connectivity index (χ2v) is 6.10. The standard InChI is InChI=1S/C20H19FN2O/c1-13(2)20-17(5-4-12-24)19(15-7-9-16(21)10-8-15)18-11-6-14(3)23(18)22-20/h4-13H,1-3H3. The molecule has 24 heavy (non-hydrogen) atoms. The third-order valence-electron chi connectivity index (χ3n) is 4.08. The molecular formula is C20H19FN2O. The van der Waals surface area contributed by atoms with Gasteiger partial charge in [0, 0.05) is 16.8 Å². The number of halogens is 1. The van der Waals surface area contributed by atoms with E-state index in [1.54, 1.807) is 18.2 Å². The SMILES string of the molecule is Cc1ccc2c(-c3ccc(F)cc3)c(C=CC=O)c(C(C)C)nn12. The lowest BCUT2D eigenvalue weighted by molar-refractivity contribution is -0.104. The van der Waals surface area contributed by atoms with Crippen LogP contribution < -0.4 is 0 Å². The van der Waals surface area contributed by atoms with Crippen molar-refractivity contribution in [2.24, 2.45) is 0 Å². The highest BCUT2D eigenvalue weighted by Crippen LogP contribution is 2.34. The summed E-state index contributed by atoms with van der Waals surface area (Å²) in [7, 11) is 0. The van der Waals surface area contributed by atoms with Crippen LogP contribution in [0.1, 0.15) is 36.7 Å². The normalized spacial score (nSPS) is 11.7. The Balaban J connectivity index is 2.43. The Morgan fingerprint density at radius 2 is 1.83 bits per heavy atom. The number of hydrogen-bond donors (Lipinski definition) is 0. The first kappa shape index (κ1) is 16.1. The molecule has 0 saturated carbocycles. The van der Waals surface area contributed by atoms with Gasteiger partial charge < -0.3 is 0 Å². The molecule has 0 amide bonds. The lowest BCUT2D eigenvalue weighted by Gasteiger charge is -2.17. The smallest absolute Gasteiger partial charge is 0.142 e. The molecule has 0 aliphatic heterocycles. The minimum atomic E-state index is -0.274. The van der Waals surface area contributed by atoms with E-state index in [0.717, 1.165) is 39.9 Å². The monoisotopic (exact) mass is 322 g/mol. The zero-order valence-electron chi connectivity index (χ0n) is 14.0. The Bertz CT molecular complexity index is 921. The van der Waals surface area contributed by atoms with Gasteiger partial charge in [-0.2, -0.15) is 5.10 Å². The van der Waals surface area contributed by atoms with Crippen LogP contribution in [0.5, 0.6) is 0 Å². The van der Waals surface area contributed by atoms with Gasteiger partial charge in [-0.1, -0.05) is 26.0 Å². The average molecular weight is 322 g/mol. The van der Waals surface area contributed by atoms with Crippen LogP contribution in [0.4, 0.5) is 4.39 Å². The average Bonchev–Trinajstić information content (AvgIpc) is 2.93. The second-order valence-electron chi connectivity index (χ2n) is 6.10. The molecule has 0 atom stereocenters. The van der Waals surface area contributed by atoms with Crippen LogP contribution in [0.3, 0.4) is 0 Å². The molecular weight excluding hydrogens is 303 g/mol. The first-order chi connectivity index (χ1) is 11.5. The first-order valence-corrected chi connectivity index (χ1v) is 7.93. The van der Waals surface area contributed by atoms with Gasteiger partial charge in [0.05, 0.1) is 11.2 Å². The third kappa shape index (κ3) is 2.75. The third-order valence-corrected chi connectivity index (χ3v) is 4.08. The number of carbonyl (C=O) groups is 1. The minimum absolute atomic E-state index is 0.182. The quantitative estimate of drug-likeness (QED) is 0.511. The van der Waals surface area contributed by atoms with Crippen molar-refractivity contribution in [1.82, 2.24) is 9.61 Å². The summed E-state index contributed by atoms with van der Waals surface area (Å²) in [4.78, 5) is 10.9. The molecule has 0 fully saturated rings. The lowest BCUT2D eigenvalue weighted by atomic mass is 9.94. The van der Waals surface area contributed by atoms with E-state index >= 15 is 0 Å². The van der Waals surface area contributed by atoms with Crippen molar-refractivity contribution < 1.29 is 9.18 Å². The van der Waals surface area contributed by atoms with Gasteiger partial charge in [-0.15, -0.1) is 0 Å². The topological polar surface area (TPSA) is 34.4 Å². The van der Waals surface area contributed by atoms with E-state index < -0.39 is 0 Å². The molecule has 4 heteroatoms. The Hall–Kier alpha value is -2.75. The zero-order chi connectivity index (χ0) is 17.3. The van der Waals surface area contributed by atoms with Gasteiger partial charge in [-0.3, -0.25) is 4.79 Å². The van der Waals surface area contributed by atoms with E-state index in [1.165, 1.54) is 18.2 Å². The van der Waals surface area contributed by atoms with Crippen LogP contribution in [0, 0.1) is 12.7 Å². The van der Waals surface area contributed by atoms with Crippen LogP contribution >= 0.6 is 0 Å². The molecule has 3 nitrogen and oxygen atoms in total. The summed E-state index contributed by atoms with van der Waals surface area (Å²) in [6, 6.07) is 10.4. The van der Waals surface area contributed by atoms with E-state index in [-0.39, 0.29) is 11.7 Å². The molecule has 1 aromatic carbocycles. The fourth-order valence-electron chi connectivity index (χ4n) is 2.93. The number of aldehydes is 1. The Labute approximate surface area is 140 Å². The van der Waals surface area contributed by atoms with E-state index in [0.29, 0.717) is 0 Å². The van der Waals surface area contributed by atoms with Crippen LogP contribution in [0.15, 0.2) is 42.5 Å². The van der Waals surface area contributed by atoms with Crippen molar-refractivity contribution in [3.8, 4) is 11.1 Å². The molecule has 0 unspecified atom stereocenters. The highest BCUT2D eigenvalue weighted by atomic mass is 19.1. The molecule has 2 heterocycles. The summed E-state index contributed by atoms with van der Waals surface area (Å²) in [5.74, 6) is -0.0915. The second kappa shape index (κ2) is 6.40. The van der Waals surface area contributed by atoms with Crippen molar-refractivity contribution in [2.75, 3.05) is 0 Å². The molecule has 0 spiro atoms. The molecule has 2 aromatic heterocycles. The number of rotatable bonds is 4. The Kier molecular flexibility index (Phi) is 4.30. The maximum absolute atomic E-state index is 13.4. The van der Waals surface area contributed by atoms with Gasteiger partial charge in [0.2, 0.25) is 0 Å². The molecule has 0 saturated heterocycles. The molecule has 122 valence electrons. The highest BCUT2D eigenvalue weighted by Gasteiger charge is 2.18. The molecule has 3 rings (SSSR count). The van der Waals surface area contributed by atoms with Crippen LogP contribution in [0.25, 0.3) is 22.7 Å². The summed E-state index contributed by atoms with van der Waals surface area (Å²) in [6.07, 6.45) is 4.02. The summed E-state index contributed by atoms with van der Waals surface area (Å²) in [6.45, 7) is 6.14. The van der Waals surface area contributed by atoms with Crippen LogP contribution in [-0.4, -0.2) is 15.9 Å². The predicted octanol–water partition coefficient (Wildman–Crippen LogP) is 4.78. The van der Waals surface area contributed by atoms with Crippen LogP contribution in [0.2, 0.25) is 0 Å². The van der Waals surface area contributed by atoms with Gasteiger partial charge in [0.15, 0.2) is 0 Å². The number of aryl methyl sites for hydroxylation is 1. The van der Waals surface area contributed by atoms with Gasteiger partial charge >= 0.3 is 0 Å². The predicted molar refractivity (Wildman–Crippen MR) is 94.5 cm³/mol. The Morgan fingerprint density at radius 1 is 1.12 bits per heavy atom. The van der Waals surface area contributed by atoms with Gasteiger partial charge in [-0.05, 0) is 54.8 Å². The molecule has 3 aromatic rings. The van der Waals surface area contributed by atoms with Gasteiger partial charge in [-0.25, -0.2) is 8.91 Å². The highest BCUT2D eigenvalue weighted by molar-refractivity contribution is 5.90. The molecule has 0 radical (unpaired) electrons. The zero-order valence-corrected chi connectivity index (χ0v) is 14.0. The van der Waals surface area contributed by atoms with E-state index in [9.17, 15) is 9.18 Å². The summed E-state index contributed by atoms with van der Waals surface area (Å²) in [5.41, 5.74) is 5.62. The molecule has 0 bridgehead atoms. The number of carbonyl (C=O) groups excluding carboxylic acids is 1. The van der Waals surface area contributed by atoms with Crippen molar-refractivity contribution in [2.45, 2.75) is 26.7 Å². The van der Waals surface area contributed by atoms with Crippen LogP contribution in [-0.2, 0) is 4.79 Å². The largest absolute Gasteiger partial charge is 0.299 e. The minimum Gasteiger partial charge on any atom is -0.299 e. The number of fused-ring (bicyclic) bond motifs is 1. The fourth-order valence-corrected chi connectivity index (χ4v) is 2.93. The van der Waals surface area contributed by atoms with E-state index in [2.05, 4.69) is 13.8 Å². The number of aromatic nitrogens is 2. The lowest BCUT2D eigenvalue weighted by Crippen LogP contribution is -2.07. The Morgan fingerprint density at radius 3 is 2.46 bits per heavy atom. The van der Waals surface area contributed by atoms with E-state index in [4.69, 9.17) is 5.10 Å². The number of nitrogens with zero attached hydrogens (tertiary/aromatic N) is 2. The number of allylic oxidation sites excluding steroid dienone is 1. The molecule has 0 aliphatic carbocycles. The van der Waals surface area contributed by atoms with Crippen molar-refractivity contribution in [3.63, 3.8) is 0 Å². The fraction of sp³-hybridized carbons (Fsp3) is 0.200. The maximum Gasteiger partial charge on any atom is 0.142 e. The maximum atomic E-state index is 13.4. The van der Waals surface area contributed by atoms with Gasteiger partial charge in [0.25, 0.3) is 0 Å². The molecule has 0 N–H and O–H groups in total. The van der Waals surface area contributed by atoms with Gasteiger partial charge in [0.1, 0.15) is 12.1 Å².